The van der Waals surface area contributed by atoms with E-state index in [4.69, 9.17) is 5.73 Å². The van der Waals surface area contributed by atoms with E-state index in [1.807, 2.05) is 24.0 Å². The SMILES string of the molecule is CC(C)c1c2cc(-c3ccnc(N[C@H]4CC[C@H](N)C4)n3)cnc2nn1C. The fourth-order valence-electron chi connectivity index (χ4n) is 3.84. The molecule has 0 spiro atoms. The van der Waals surface area contributed by atoms with Crippen molar-refractivity contribution >= 4 is 17.0 Å². The Hall–Kier alpha value is -2.54. The van der Waals surface area contributed by atoms with Gasteiger partial charge in [0, 0.05) is 42.5 Å². The van der Waals surface area contributed by atoms with Crippen molar-refractivity contribution in [1.29, 1.82) is 0 Å². The lowest BCUT2D eigenvalue weighted by Gasteiger charge is -2.12. The molecule has 0 amide bonds. The van der Waals surface area contributed by atoms with Gasteiger partial charge in [-0.25, -0.2) is 15.0 Å². The number of hydrogen-bond acceptors (Lipinski definition) is 6. The summed E-state index contributed by atoms with van der Waals surface area (Å²) < 4.78 is 1.92. The molecule has 1 fully saturated rings. The van der Waals surface area contributed by atoms with Crippen molar-refractivity contribution in [1.82, 2.24) is 24.7 Å². The summed E-state index contributed by atoms with van der Waals surface area (Å²) in [4.78, 5) is 13.6. The van der Waals surface area contributed by atoms with Crippen LogP contribution in [0.25, 0.3) is 22.3 Å². The van der Waals surface area contributed by atoms with Crippen LogP contribution in [0.3, 0.4) is 0 Å². The quantitative estimate of drug-likeness (QED) is 0.750. The van der Waals surface area contributed by atoms with Gasteiger partial charge >= 0.3 is 0 Å². The molecule has 7 heteroatoms. The molecule has 0 radical (unpaired) electrons. The van der Waals surface area contributed by atoms with E-state index >= 15 is 0 Å². The molecule has 2 atom stereocenters. The Kier molecular flexibility index (Phi) is 4.32. The third kappa shape index (κ3) is 3.14. The average Bonchev–Trinajstić information content (AvgIpc) is 3.16. The zero-order valence-electron chi connectivity index (χ0n) is 15.5. The molecule has 3 aromatic rings. The van der Waals surface area contributed by atoms with Crippen molar-refractivity contribution in [3.8, 4) is 11.3 Å². The molecule has 4 rings (SSSR count). The maximum atomic E-state index is 6.00. The highest BCUT2D eigenvalue weighted by atomic mass is 15.3. The van der Waals surface area contributed by atoms with Crippen molar-refractivity contribution in [2.24, 2.45) is 12.8 Å². The largest absolute Gasteiger partial charge is 0.351 e. The Bertz CT molecular complexity index is 931. The number of anilines is 1. The summed E-state index contributed by atoms with van der Waals surface area (Å²) in [5, 5.41) is 9.00. The second kappa shape index (κ2) is 6.64. The second-order valence-corrected chi connectivity index (χ2v) is 7.44. The molecule has 0 aromatic carbocycles. The Labute approximate surface area is 153 Å². The van der Waals surface area contributed by atoms with Crippen molar-refractivity contribution in [2.45, 2.75) is 51.1 Å². The van der Waals surface area contributed by atoms with Crippen LogP contribution >= 0.6 is 0 Å². The van der Waals surface area contributed by atoms with Crippen LogP contribution in [0.15, 0.2) is 24.5 Å². The number of rotatable bonds is 4. The summed E-state index contributed by atoms with van der Waals surface area (Å²) in [6.07, 6.45) is 6.70. The van der Waals surface area contributed by atoms with E-state index in [0.717, 1.165) is 41.6 Å². The number of aromatic nitrogens is 5. The van der Waals surface area contributed by atoms with Crippen LogP contribution in [0.1, 0.15) is 44.7 Å². The highest BCUT2D eigenvalue weighted by molar-refractivity contribution is 5.83. The van der Waals surface area contributed by atoms with Gasteiger partial charge in [0.1, 0.15) is 0 Å². The van der Waals surface area contributed by atoms with E-state index in [1.54, 1.807) is 6.20 Å². The number of nitrogens with zero attached hydrogens (tertiary/aromatic N) is 5. The molecule has 26 heavy (non-hydrogen) atoms. The fraction of sp³-hybridized carbons (Fsp3) is 0.474. The number of pyridine rings is 1. The smallest absolute Gasteiger partial charge is 0.223 e. The molecule has 0 unspecified atom stereocenters. The summed E-state index contributed by atoms with van der Waals surface area (Å²) in [7, 11) is 1.97. The molecule has 0 saturated heterocycles. The van der Waals surface area contributed by atoms with E-state index < -0.39 is 0 Å². The molecule has 0 aliphatic heterocycles. The third-order valence-electron chi connectivity index (χ3n) is 5.04. The molecule has 7 nitrogen and oxygen atoms in total. The van der Waals surface area contributed by atoms with E-state index in [0.29, 0.717) is 17.9 Å². The summed E-state index contributed by atoms with van der Waals surface area (Å²) in [6, 6.07) is 4.68. The van der Waals surface area contributed by atoms with Crippen LogP contribution in [-0.2, 0) is 7.05 Å². The summed E-state index contributed by atoms with van der Waals surface area (Å²) >= 11 is 0. The first-order chi connectivity index (χ1) is 12.5. The Morgan fingerprint density at radius 2 is 2.12 bits per heavy atom. The number of fused-ring (bicyclic) bond motifs is 1. The molecular weight excluding hydrogens is 326 g/mol. The van der Waals surface area contributed by atoms with Crippen molar-refractivity contribution in [2.75, 3.05) is 5.32 Å². The van der Waals surface area contributed by atoms with Gasteiger partial charge in [-0.2, -0.15) is 5.10 Å². The van der Waals surface area contributed by atoms with Gasteiger partial charge in [0.15, 0.2) is 5.65 Å². The highest BCUT2D eigenvalue weighted by Gasteiger charge is 2.22. The normalized spacial score (nSPS) is 20.2. The van der Waals surface area contributed by atoms with Gasteiger partial charge in [0.25, 0.3) is 0 Å². The predicted octanol–water partition coefficient (Wildman–Crippen LogP) is 2.84. The molecule has 1 aliphatic rings. The third-order valence-corrected chi connectivity index (χ3v) is 5.04. The monoisotopic (exact) mass is 351 g/mol. The van der Waals surface area contributed by atoms with E-state index in [9.17, 15) is 0 Å². The molecule has 3 N–H and O–H groups in total. The van der Waals surface area contributed by atoms with Gasteiger partial charge in [-0.1, -0.05) is 13.8 Å². The molecule has 1 saturated carbocycles. The van der Waals surface area contributed by atoms with E-state index in [-0.39, 0.29) is 6.04 Å². The van der Waals surface area contributed by atoms with Gasteiger partial charge < -0.3 is 11.1 Å². The highest BCUT2D eigenvalue weighted by Crippen LogP contribution is 2.28. The summed E-state index contributed by atoms with van der Waals surface area (Å²) in [6.45, 7) is 4.34. The topological polar surface area (TPSA) is 94.5 Å². The van der Waals surface area contributed by atoms with Crippen molar-refractivity contribution in [3.63, 3.8) is 0 Å². The van der Waals surface area contributed by atoms with Crippen molar-refractivity contribution in [3.05, 3.63) is 30.2 Å². The average molecular weight is 351 g/mol. The van der Waals surface area contributed by atoms with E-state index in [1.165, 1.54) is 5.69 Å². The lowest BCUT2D eigenvalue weighted by atomic mass is 10.1. The van der Waals surface area contributed by atoms with Gasteiger partial charge in [-0.05, 0) is 37.3 Å². The maximum absolute atomic E-state index is 6.00. The number of hydrogen-bond donors (Lipinski definition) is 2. The van der Waals surface area contributed by atoms with Crippen LogP contribution in [0, 0.1) is 0 Å². The Balaban J connectivity index is 1.67. The minimum atomic E-state index is 0.280. The molecule has 136 valence electrons. The molecular formula is C19H25N7. The van der Waals surface area contributed by atoms with Gasteiger partial charge in [0.2, 0.25) is 5.95 Å². The van der Waals surface area contributed by atoms with E-state index in [2.05, 4.69) is 45.3 Å². The number of nitrogens with two attached hydrogens (primary N) is 1. The first kappa shape index (κ1) is 16.9. The second-order valence-electron chi connectivity index (χ2n) is 7.44. The zero-order chi connectivity index (χ0) is 18.3. The molecule has 3 heterocycles. The number of nitrogens with one attached hydrogen (secondary N) is 1. The lowest BCUT2D eigenvalue weighted by Crippen LogP contribution is -2.21. The summed E-state index contributed by atoms with van der Waals surface area (Å²) in [5.74, 6) is 1.02. The molecule has 0 bridgehead atoms. The van der Waals surface area contributed by atoms with Gasteiger partial charge in [0.05, 0.1) is 11.4 Å². The fourth-order valence-corrected chi connectivity index (χ4v) is 3.84. The zero-order valence-corrected chi connectivity index (χ0v) is 15.5. The van der Waals surface area contributed by atoms with Crippen molar-refractivity contribution < 1.29 is 0 Å². The maximum Gasteiger partial charge on any atom is 0.223 e. The van der Waals surface area contributed by atoms with Gasteiger partial charge in [-0.3, -0.25) is 4.68 Å². The van der Waals surface area contributed by atoms with Crippen LogP contribution in [-0.4, -0.2) is 36.8 Å². The first-order valence-corrected chi connectivity index (χ1v) is 9.19. The standard InChI is InChI=1S/C19H25N7/c1-11(2)17-15-8-12(10-22-18(15)25-26(17)3)16-6-7-21-19(24-16)23-14-5-4-13(20)9-14/h6-8,10-11,13-14H,4-5,9,20H2,1-3H3,(H,21,23,24)/t13-,14-/m0/s1. The molecule has 1 aliphatic carbocycles. The summed E-state index contributed by atoms with van der Waals surface area (Å²) in [5.41, 5.74) is 9.78. The Morgan fingerprint density at radius 3 is 2.85 bits per heavy atom. The van der Waals surface area contributed by atoms with Crippen LogP contribution in [0.5, 0.6) is 0 Å². The number of aryl methyl sites for hydroxylation is 1. The minimum Gasteiger partial charge on any atom is -0.351 e. The minimum absolute atomic E-state index is 0.280. The molecule has 3 aromatic heterocycles. The Morgan fingerprint density at radius 1 is 1.27 bits per heavy atom. The predicted molar refractivity (Wildman–Crippen MR) is 103 cm³/mol. The van der Waals surface area contributed by atoms with Crippen LogP contribution in [0.2, 0.25) is 0 Å². The lowest BCUT2D eigenvalue weighted by molar-refractivity contribution is 0.676. The first-order valence-electron chi connectivity index (χ1n) is 9.19. The van der Waals surface area contributed by atoms with Gasteiger partial charge in [-0.15, -0.1) is 0 Å². The van der Waals surface area contributed by atoms with Crippen LogP contribution in [0.4, 0.5) is 5.95 Å². The van der Waals surface area contributed by atoms with Crippen LogP contribution < -0.4 is 11.1 Å².